The van der Waals surface area contributed by atoms with Crippen molar-refractivity contribution in [2.75, 3.05) is 11.5 Å². The van der Waals surface area contributed by atoms with E-state index in [1.54, 1.807) is 0 Å². The number of benzene rings is 1. The van der Waals surface area contributed by atoms with Crippen molar-refractivity contribution < 1.29 is 4.79 Å². The Kier molecular flexibility index (Phi) is 3.82. The molecule has 1 aliphatic carbocycles. The van der Waals surface area contributed by atoms with Crippen LogP contribution in [0.15, 0.2) is 47.6 Å². The molecule has 0 spiro atoms. The smallest absolute Gasteiger partial charge is 0.211 e. The van der Waals surface area contributed by atoms with Crippen LogP contribution in [0.1, 0.15) is 30.3 Å². The lowest BCUT2D eigenvalue weighted by molar-refractivity contribution is 0.102. The summed E-state index contributed by atoms with van der Waals surface area (Å²) in [6.07, 6.45) is 5.40. The minimum Gasteiger partial charge on any atom is -0.394 e. The highest BCUT2D eigenvalue weighted by atomic mass is 16.1. The Morgan fingerprint density at radius 1 is 1.17 bits per heavy atom. The fourth-order valence-corrected chi connectivity index (χ4v) is 2.58. The lowest BCUT2D eigenvalue weighted by Gasteiger charge is -2.09. The summed E-state index contributed by atoms with van der Waals surface area (Å²) in [5.74, 6) is 0.143. The third-order valence-corrected chi connectivity index (χ3v) is 4.10. The van der Waals surface area contributed by atoms with Crippen molar-refractivity contribution in [1.29, 1.82) is 0 Å². The van der Waals surface area contributed by atoms with Gasteiger partial charge in [0.1, 0.15) is 13.5 Å². The molecule has 0 unspecified atom stereocenters. The van der Waals surface area contributed by atoms with E-state index in [4.69, 9.17) is 11.5 Å². The van der Waals surface area contributed by atoms with Crippen LogP contribution in [0.4, 0.5) is 11.5 Å². The van der Waals surface area contributed by atoms with E-state index in [9.17, 15) is 4.79 Å². The van der Waals surface area contributed by atoms with Crippen LogP contribution < -0.4 is 16.9 Å². The van der Waals surface area contributed by atoms with Crippen LogP contribution in [0.3, 0.4) is 0 Å². The molecule has 116 valence electrons. The van der Waals surface area contributed by atoms with Gasteiger partial charge in [0.2, 0.25) is 5.78 Å². The number of Topliss-reactive ketones (excluding diaryl/α,β-unsaturated/α-hetero) is 1. The van der Waals surface area contributed by atoms with Gasteiger partial charge in [-0.05, 0) is 31.9 Å². The van der Waals surface area contributed by atoms with Gasteiger partial charge < -0.3 is 11.5 Å². The normalized spacial score (nSPS) is 14.3. The number of allylic oxidation sites excluding steroid dienone is 4. The van der Waals surface area contributed by atoms with E-state index < -0.39 is 0 Å². The quantitative estimate of drug-likeness (QED) is 0.658. The zero-order valence-electron chi connectivity index (χ0n) is 13.3. The van der Waals surface area contributed by atoms with Gasteiger partial charge in [-0.1, -0.05) is 35.3 Å². The monoisotopic (exact) mass is 306 g/mol. The Morgan fingerprint density at radius 2 is 1.87 bits per heavy atom. The minimum atomic E-state index is -0.149. The first kappa shape index (κ1) is 15.2. The second kappa shape index (κ2) is 5.80. The molecule has 5 nitrogen and oxygen atoms in total. The van der Waals surface area contributed by atoms with Crippen molar-refractivity contribution in [2.45, 2.75) is 19.8 Å². The highest BCUT2D eigenvalue weighted by Crippen LogP contribution is 2.28. The van der Waals surface area contributed by atoms with Crippen LogP contribution in [0.5, 0.6) is 0 Å². The number of carbonyl (C=O) groups excluding carboxylic acids is 1. The van der Waals surface area contributed by atoms with Gasteiger partial charge in [-0.25, -0.2) is 4.68 Å². The van der Waals surface area contributed by atoms with E-state index in [0.29, 0.717) is 12.2 Å². The van der Waals surface area contributed by atoms with Gasteiger partial charge in [0.25, 0.3) is 0 Å². The molecule has 0 saturated heterocycles. The second-order valence-corrected chi connectivity index (χ2v) is 5.93. The summed E-state index contributed by atoms with van der Waals surface area (Å²) in [5.41, 5.74) is 16.5. The van der Waals surface area contributed by atoms with Crippen LogP contribution >= 0.6 is 0 Å². The number of nitrogens with two attached hydrogens (primary N) is 2. The highest BCUT2D eigenvalue weighted by Gasteiger charge is 2.23. The van der Waals surface area contributed by atoms with Gasteiger partial charge in [0.15, 0.2) is 11.5 Å². The number of nitrogen functional groups attached to an aromatic ring is 2. The topological polar surface area (TPSA) is 86.9 Å². The molecule has 0 atom stereocenters. The lowest BCUT2D eigenvalue weighted by Crippen LogP contribution is -2.09. The third kappa shape index (κ3) is 2.80. The van der Waals surface area contributed by atoms with Crippen LogP contribution in [0.25, 0.3) is 5.69 Å². The summed E-state index contributed by atoms with van der Waals surface area (Å²) < 4.78 is 1.52. The molecule has 1 heterocycles. The summed E-state index contributed by atoms with van der Waals surface area (Å²) in [6, 6.07) is 7.73. The standard InChI is InChI=1S/C17H19BN4O/c1-10-2-4-11(5-3-10)16(23)15-14(19)17(20)22(21-15)13-8-6-12(18)7-9-13/h2,4,6-9H,3,5,18-20H2,1H3. The largest absolute Gasteiger partial charge is 0.394 e. The van der Waals surface area contributed by atoms with Crippen molar-refractivity contribution in [2.24, 2.45) is 0 Å². The van der Waals surface area contributed by atoms with Crippen molar-refractivity contribution >= 4 is 30.6 Å². The molecule has 0 amide bonds. The first-order valence-electron chi connectivity index (χ1n) is 7.59. The summed E-state index contributed by atoms with van der Waals surface area (Å²) in [5, 5.41) is 4.36. The van der Waals surface area contributed by atoms with Crippen molar-refractivity contribution in [1.82, 2.24) is 9.78 Å². The number of hydrogen-bond donors (Lipinski definition) is 2. The van der Waals surface area contributed by atoms with Crippen LogP contribution in [-0.4, -0.2) is 23.4 Å². The summed E-state index contributed by atoms with van der Waals surface area (Å²) in [4.78, 5) is 12.7. The fraction of sp³-hybridized carbons (Fsp3) is 0.176. The molecule has 3 rings (SSSR count). The number of anilines is 2. The van der Waals surface area contributed by atoms with Gasteiger partial charge in [-0.2, -0.15) is 5.10 Å². The predicted octanol–water partition coefficient (Wildman–Crippen LogP) is 1.14. The molecular formula is C17H19BN4O. The molecular weight excluding hydrogens is 287 g/mol. The minimum absolute atomic E-state index is 0.149. The molecule has 1 aliphatic rings. The van der Waals surface area contributed by atoms with Crippen LogP contribution in [0, 0.1) is 0 Å². The van der Waals surface area contributed by atoms with E-state index in [2.05, 4.69) is 12.0 Å². The Balaban J connectivity index is 2.00. The van der Waals surface area contributed by atoms with Crippen LogP contribution in [0.2, 0.25) is 0 Å². The van der Waals surface area contributed by atoms with E-state index in [1.165, 1.54) is 10.3 Å². The van der Waals surface area contributed by atoms with E-state index in [1.807, 2.05) is 44.3 Å². The number of carbonyl (C=O) groups is 1. The van der Waals surface area contributed by atoms with E-state index in [-0.39, 0.29) is 17.2 Å². The van der Waals surface area contributed by atoms with Gasteiger partial charge in [0, 0.05) is 5.57 Å². The van der Waals surface area contributed by atoms with Gasteiger partial charge in [-0.15, -0.1) is 0 Å². The third-order valence-electron chi connectivity index (χ3n) is 4.10. The number of rotatable bonds is 3. The maximum absolute atomic E-state index is 12.7. The van der Waals surface area contributed by atoms with E-state index >= 15 is 0 Å². The lowest BCUT2D eigenvalue weighted by atomic mass is 9.95. The average molecular weight is 306 g/mol. The molecule has 0 fully saturated rings. The summed E-state index contributed by atoms with van der Waals surface area (Å²) >= 11 is 0. The van der Waals surface area contributed by atoms with Gasteiger partial charge >= 0.3 is 0 Å². The maximum atomic E-state index is 12.7. The Labute approximate surface area is 136 Å². The molecule has 1 aromatic heterocycles. The number of nitrogens with zero attached hydrogens (tertiary/aromatic N) is 2. The zero-order chi connectivity index (χ0) is 16.6. The first-order valence-corrected chi connectivity index (χ1v) is 7.59. The summed E-state index contributed by atoms with van der Waals surface area (Å²) in [6.45, 7) is 2.05. The van der Waals surface area contributed by atoms with Crippen LogP contribution in [-0.2, 0) is 0 Å². The number of hydrogen-bond acceptors (Lipinski definition) is 4. The Hall–Kier alpha value is -2.76. The van der Waals surface area contributed by atoms with Crippen molar-refractivity contribution in [3.63, 3.8) is 0 Å². The van der Waals surface area contributed by atoms with Crippen molar-refractivity contribution in [3.8, 4) is 5.69 Å². The molecule has 0 bridgehead atoms. The second-order valence-electron chi connectivity index (χ2n) is 5.93. The molecule has 4 N–H and O–H groups in total. The zero-order valence-corrected chi connectivity index (χ0v) is 13.3. The Morgan fingerprint density at radius 3 is 2.48 bits per heavy atom. The molecule has 0 aliphatic heterocycles. The van der Waals surface area contributed by atoms with Crippen molar-refractivity contribution in [3.05, 3.63) is 53.3 Å². The number of aromatic nitrogens is 2. The molecule has 0 radical (unpaired) electrons. The average Bonchev–Trinajstić information content (AvgIpc) is 2.84. The van der Waals surface area contributed by atoms with E-state index in [0.717, 1.165) is 23.1 Å². The highest BCUT2D eigenvalue weighted by molar-refractivity contribution is 6.32. The Bertz CT molecular complexity index is 831. The SMILES string of the molecule is Bc1ccc(-n2nc(C(=O)C3=CC=C(C)CC3)c(N)c2N)cc1. The molecule has 23 heavy (non-hydrogen) atoms. The predicted molar refractivity (Wildman–Crippen MR) is 96.0 cm³/mol. The summed E-state index contributed by atoms with van der Waals surface area (Å²) in [7, 11) is 2.00. The molecule has 0 saturated carbocycles. The van der Waals surface area contributed by atoms with Gasteiger partial charge in [-0.3, -0.25) is 4.79 Å². The molecule has 1 aromatic carbocycles. The maximum Gasteiger partial charge on any atom is 0.211 e. The molecule has 6 heteroatoms. The molecule has 2 aromatic rings. The first-order chi connectivity index (χ1) is 11.0. The fourth-order valence-electron chi connectivity index (χ4n) is 2.58. The van der Waals surface area contributed by atoms with Gasteiger partial charge in [0.05, 0.1) is 5.69 Å². The number of ketones is 1.